The highest BCUT2D eigenvalue weighted by Crippen LogP contribution is 2.26. The zero-order chi connectivity index (χ0) is 15.8. The number of nitrogens with one attached hydrogen (secondary N) is 1. The van der Waals surface area contributed by atoms with E-state index in [-0.39, 0.29) is 18.1 Å². The molecule has 0 aliphatic carbocycles. The molecular formula is C16H26N2O3. The van der Waals surface area contributed by atoms with E-state index in [2.05, 4.69) is 5.32 Å². The summed E-state index contributed by atoms with van der Waals surface area (Å²) in [5.74, 6) is 0.556. The molecule has 0 heterocycles. The van der Waals surface area contributed by atoms with Gasteiger partial charge in [0.2, 0.25) is 0 Å². The number of rotatable bonds is 8. The standard InChI is InChI=1S/C16H26N2O3/c1-6-21-16(19)13(17-12(2)3)11-18(4)14-9-7-8-10-15(14)20-5/h7-10,12-13,17H,6,11H2,1-5H3. The maximum absolute atomic E-state index is 12.1. The van der Waals surface area contributed by atoms with Crippen LogP contribution in [-0.2, 0) is 9.53 Å². The molecule has 5 heteroatoms. The number of anilines is 1. The number of nitrogens with zero attached hydrogens (tertiary/aromatic N) is 1. The number of hydrogen-bond acceptors (Lipinski definition) is 5. The van der Waals surface area contributed by atoms with Crippen LogP contribution in [0.25, 0.3) is 0 Å². The highest BCUT2D eigenvalue weighted by molar-refractivity contribution is 5.77. The molecule has 1 aromatic carbocycles. The first kappa shape index (κ1) is 17.3. The molecule has 1 unspecified atom stereocenters. The van der Waals surface area contributed by atoms with Crippen LogP contribution >= 0.6 is 0 Å². The smallest absolute Gasteiger partial charge is 0.324 e. The third kappa shape index (κ3) is 5.27. The van der Waals surface area contributed by atoms with Gasteiger partial charge in [-0.05, 0) is 19.1 Å². The van der Waals surface area contributed by atoms with Gasteiger partial charge in [0.1, 0.15) is 11.8 Å². The summed E-state index contributed by atoms with van der Waals surface area (Å²) < 4.78 is 10.5. The first-order valence-corrected chi connectivity index (χ1v) is 7.26. The molecule has 0 saturated carbocycles. The van der Waals surface area contributed by atoms with E-state index in [4.69, 9.17) is 9.47 Å². The average Bonchev–Trinajstić information content (AvgIpc) is 2.46. The number of ether oxygens (including phenoxy) is 2. The number of likely N-dealkylation sites (N-methyl/N-ethyl adjacent to an activating group) is 1. The molecule has 1 N–H and O–H groups in total. The van der Waals surface area contributed by atoms with Crippen LogP contribution in [0.3, 0.4) is 0 Å². The van der Waals surface area contributed by atoms with Crippen LogP contribution in [0, 0.1) is 0 Å². The van der Waals surface area contributed by atoms with E-state index in [1.165, 1.54) is 0 Å². The molecule has 0 bridgehead atoms. The average molecular weight is 294 g/mol. The number of esters is 1. The minimum atomic E-state index is -0.375. The van der Waals surface area contributed by atoms with E-state index in [0.717, 1.165) is 11.4 Å². The quantitative estimate of drug-likeness (QED) is 0.744. The molecule has 1 aromatic rings. The molecule has 0 fully saturated rings. The number of carbonyl (C=O) groups excluding carboxylic acids is 1. The highest BCUT2D eigenvalue weighted by Gasteiger charge is 2.23. The maximum atomic E-state index is 12.1. The summed E-state index contributed by atoms with van der Waals surface area (Å²) in [6.07, 6.45) is 0. The van der Waals surface area contributed by atoms with Crippen molar-refractivity contribution in [2.75, 3.05) is 32.2 Å². The van der Waals surface area contributed by atoms with Gasteiger partial charge in [0.25, 0.3) is 0 Å². The van der Waals surface area contributed by atoms with Crippen molar-refractivity contribution >= 4 is 11.7 Å². The maximum Gasteiger partial charge on any atom is 0.324 e. The zero-order valence-corrected chi connectivity index (χ0v) is 13.6. The van der Waals surface area contributed by atoms with Gasteiger partial charge in [0.15, 0.2) is 0 Å². The fraction of sp³-hybridized carbons (Fsp3) is 0.562. The fourth-order valence-corrected chi connectivity index (χ4v) is 2.16. The topological polar surface area (TPSA) is 50.8 Å². The Kier molecular flexibility index (Phi) is 7.02. The molecule has 118 valence electrons. The predicted octanol–water partition coefficient (Wildman–Crippen LogP) is 2.06. The molecule has 0 saturated heterocycles. The lowest BCUT2D eigenvalue weighted by molar-refractivity contribution is -0.145. The van der Waals surface area contributed by atoms with Crippen LogP contribution in [0.15, 0.2) is 24.3 Å². The van der Waals surface area contributed by atoms with Gasteiger partial charge < -0.3 is 19.7 Å². The number of benzene rings is 1. The molecule has 0 aliphatic rings. The van der Waals surface area contributed by atoms with Crippen molar-refractivity contribution < 1.29 is 14.3 Å². The molecule has 0 aromatic heterocycles. The van der Waals surface area contributed by atoms with Gasteiger partial charge in [-0.3, -0.25) is 4.79 Å². The monoisotopic (exact) mass is 294 g/mol. The van der Waals surface area contributed by atoms with Crippen LogP contribution in [0.4, 0.5) is 5.69 Å². The minimum absolute atomic E-state index is 0.200. The Morgan fingerprint density at radius 1 is 1.33 bits per heavy atom. The van der Waals surface area contributed by atoms with Gasteiger partial charge in [-0.15, -0.1) is 0 Å². The van der Waals surface area contributed by atoms with Crippen molar-refractivity contribution in [2.45, 2.75) is 32.9 Å². The van der Waals surface area contributed by atoms with Crippen molar-refractivity contribution in [1.82, 2.24) is 5.32 Å². The second-order valence-electron chi connectivity index (χ2n) is 5.18. The first-order chi connectivity index (χ1) is 9.99. The van der Waals surface area contributed by atoms with Crippen LogP contribution in [-0.4, -0.2) is 45.4 Å². The molecule has 0 aliphatic heterocycles. The van der Waals surface area contributed by atoms with Gasteiger partial charge in [-0.2, -0.15) is 0 Å². The number of hydrogen-bond donors (Lipinski definition) is 1. The Hall–Kier alpha value is -1.75. The summed E-state index contributed by atoms with van der Waals surface area (Å²) in [5.41, 5.74) is 0.944. The van der Waals surface area contributed by atoms with E-state index in [0.29, 0.717) is 13.2 Å². The number of methoxy groups -OCH3 is 1. The summed E-state index contributed by atoms with van der Waals surface area (Å²) in [5, 5.41) is 3.25. The SMILES string of the molecule is CCOC(=O)C(CN(C)c1ccccc1OC)NC(C)C. The van der Waals surface area contributed by atoms with Crippen LogP contribution < -0.4 is 15.0 Å². The lowest BCUT2D eigenvalue weighted by Gasteiger charge is -2.27. The summed E-state index contributed by atoms with van der Waals surface area (Å²) in [4.78, 5) is 14.1. The van der Waals surface area contributed by atoms with E-state index >= 15 is 0 Å². The van der Waals surface area contributed by atoms with Crippen molar-refractivity contribution in [2.24, 2.45) is 0 Å². The Balaban J connectivity index is 2.83. The molecule has 5 nitrogen and oxygen atoms in total. The van der Waals surface area contributed by atoms with E-state index in [1.807, 2.05) is 57.0 Å². The molecule has 0 amide bonds. The van der Waals surface area contributed by atoms with Gasteiger partial charge in [0, 0.05) is 19.6 Å². The summed E-state index contributed by atoms with van der Waals surface area (Å²) in [6, 6.07) is 7.57. The van der Waals surface area contributed by atoms with Gasteiger partial charge in [0.05, 0.1) is 19.4 Å². The Labute approximate surface area is 127 Å². The fourth-order valence-electron chi connectivity index (χ4n) is 2.16. The zero-order valence-electron chi connectivity index (χ0n) is 13.6. The van der Waals surface area contributed by atoms with Crippen molar-refractivity contribution in [3.63, 3.8) is 0 Å². The summed E-state index contributed by atoms with van der Waals surface area (Å²) in [6.45, 7) is 6.73. The molecule has 1 rings (SSSR count). The molecule has 0 radical (unpaired) electrons. The molecule has 21 heavy (non-hydrogen) atoms. The van der Waals surface area contributed by atoms with Crippen molar-refractivity contribution in [3.8, 4) is 5.75 Å². The Morgan fingerprint density at radius 3 is 2.57 bits per heavy atom. The van der Waals surface area contributed by atoms with Crippen LogP contribution in [0.2, 0.25) is 0 Å². The third-order valence-electron chi connectivity index (χ3n) is 3.06. The second-order valence-corrected chi connectivity index (χ2v) is 5.18. The third-order valence-corrected chi connectivity index (χ3v) is 3.06. The lowest BCUT2D eigenvalue weighted by atomic mass is 10.2. The summed E-state index contributed by atoms with van der Waals surface area (Å²) >= 11 is 0. The largest absolute Gasteiger partial charge is 0.495 e. The lowest BCUT2D eigenvalue weighted by Crippen LogP contribution is -2.48. The Bertz CT molecular complexity index is 449. The van der Waals surface area contributed by atoms with Crippen molar-refractivity contribution in [3.05, 3.63) is 24.3 Å². The number of carbonyl (C=O) groups is 1. The van der Waals surface area contributed by atoms with Gasteiger partial charge in [-0.1, -0.05) is 26.0 Å². The predicted molar refractivity (Wildman–Crippen MR) is 85.0 cm³/mol. The minimum Gasteiger partial charge on any atom is -0.495 e. The van der Waals surface area contributed by atoms with Crippen molar-refractivity contribution in [1.29, 1.82) is 0 Å². The summed E-state index contributed by atoms with van der Waals surface area (Å²) in [7, 11) is 3.58. The molecule has 0 spiro atoms. The van der Waals surface area contributed by atoms with E-state index < -0.39 is 0 Å². The highest BCUT2D eigenvalue weighted by atomic mass is 16.5. The first-order valence-electron chi connectivity index (χ1n) is 7.26. The normalized spacial score (nSPS) is 12.1. The van der Waals surface area contributed by atoms with E-state index in [9.17, 15) is 4.79 Å². The van der Waals surface area contributed by atoms with E-state index in [1.54, 1.807) is 7.11 Å². The van der Waals surface area contributed by atoms with Crippen LogP contribution in [0.1, 0.15) is 20.8 Å². The van der Waals surface area contributed by atoms with Crippen LogP contribution in [0.5, 0.6) is 5.75 Å². The number of para-hydroxylation sites is 2. The molecular weight excluding hydrogens is 268 g/mol. The van der Waals surface area contributed by atoms with Gasteiger partial charge >= 0.3 is 5.97 Å². The Morgan fingerprint density at radius 2 is 2.00 bits per heavy atom. The van der Waals surface area contributed by atoms with Gasteiger partial charge in [-0.25, -0.2) is 0 Å². The molecule has 1 atom stereocenters. The second kappa shape index (κ2) is 8.52.